The van der Waals surface area contributed by atoms with Crippen LogP contribution in [0.4, 0.5) is 0 Å². The molecule has 0 bridgehead atoms. The molecule has 0 fully saturated rings. The highest BCUT2D eigenvalue weighted by molar-refractivity contribution is 8.09. The summed E-state index contributed by atoms with van der Waals surface area (Å²) in [6.07, 6.45) is 4.62. The van der Waals surface area contributed by atoms with E-state index in [1.807, 2.05) is 57.1 Å². The molecule has 0 saturated carbocycles. The maximum atomic E-state index is 2.33. The van der Waals surface area contributed by atoms with Crippen LogP contribution in [0.1, 0.15) is 21.9 Å². The van der Waals surface area contributed by atoms with Gasteiger partial charge < -0.3 is 0 Å². The van der Waals surface area contributed by atoms with Crippen LogP contribution in [0.3, 0.4) is 0 Å². The Hall–Kier alpha value is -1.37. The third-order valence-corrected chi connectivity index (χ3v) is 10.5. The second-order valence-electron chi connectivity index (χ2n) is 6.23. The maximum Gasteiger partial charge on any atom is 0.0621 e. The predicted octanol–water partition coefficient (Wildman–Crippen LogP) is 9.04. The molecule has 5 heteroatoms. The van der Waals surface area contributed by atoms with Gasteiger partial charge in [0.25, 0.3) is 0 Å². The first kappa shape index (κ1) is 17.7. The van der Waals surface area contributed by atoms with E-state index in [9.17, 15) is 0 Å². The third-order valence-electron chi connectivity index (χ3n) is 4.39. The highest BCUT2D eigenvalue weighted by Crippen LogP contribution is 2.49. The van der Waals surface area contributed by atoms with Gasteiger partial charge in [-0.2, -0.15) is 0 Å². The summed E-state index contributed by atoms with van der Waals surface area (Å²) in [4.78, 5) is 9.66. The summed E-state index contributed by atoms with van der Waals surface area (Å²) in [6.45, 7) is 2.23. The van der Waals surface area contributed by atoms with Crippen LogP contribution in [0.2, 0.25) is 0 Å². The molecule has 0 aliphatic carbocycles. The van der Waals surface area contributed by atoms with Crippen LogP contribution in [-0.2, 0) is 0 Å². The zero-order chi connectivity index (χ0) is 18.2. The largest absolute Gasteiger partial charge is 0.147 e. The summed E-state index contributed by atoms with van der Waals surface area (Å²) >= 11 is 9.43. The predicted molar refractivity (Wildman–Crippen MR) is 127 cm³/mol. The number of rotatable bonds is 4. The van der Waals surface area contributed by atoms with Gasteiger partial charge in [0.05, 0.1) is 5.25 Å². The number of allylic oxidation sites excluding steroid dienone is 2. The van der Waals surface area contributed by atoms with Crippen molar-refractivity contribution in [1.29, 1.82) is 0 Å². The van der Waals surface area contributed by atoms with E-state index in [1.165, 1.54) is 39.7 Å². The lowest BCUT2D eigenvalue weighted by Crippen LogP contribution is -1.94. The first-order valence-corrected chi connectivity index (χ1v) is 12.9. The normalized spacial score (nSPS) is 17.0. The van der Waals surface area contributed by atoms with Gasteiger partial charge in [-0.25, -0.2) is 0 Å². The molecule has 4 aromatic heterocycles. The lowest BCUT2D eigenvalue weighted by molar-refractivity contribution is 1.28. The molecular formula is C22H16S5. The highest BCUT2D eigenvalue weighted by atomic mass is 32.2. The Morgan fingerprint density at radius 2 is 1.37 bits per heavy atom. The second-order valence-corrected chi connectivity index (χ2v) is 11.5. The van der Waals surface area contributed by atoms with Crippen LogP contribution in [-0.4, -0.2) is 0 Å². The Kier molecular flexibility index (Phi) is 4.96. The summed E-state index contributed by atoms with van der Waals surface area (Å²) in [5.41, 5.74) is 1.37. The minimum Gasteiger partial charge on any atom is -0.147 e. The molecule has 27 heavy (non-hydrogen) atoms. The number of hydrogen-bond acceptors (Lipinski definition) is 5. The molecule has 1 aliphatic heterocycles. The molecule has 0 N–H and O–H groups in total. The van der Waals surface area contributed by atoms with Crippen LogP contribution in [0.5, 0.6) is 0 Å². The zero-order valence-electron chi connectivity index (χ0n) is 14.5. The van der Waals surface area contributed by atoms with Gasteiger partial charge >= 0.3 is 0 Å². The van der Waals surface area contributed by atoms with Crippen molar-refractivity contribution in [3.05, 3.63) is 86.8 Å². The molecule has 0 aromatic carbocycles. The molecule has 0 amide bonds. The molecule has 1 atom stereocenters. The molecule has 134 valence electrons. The van der Waals surface area contributed by atoms with Gasteiger partial charge in [0, 0.05) is 34.2 Å². The molecule has 0 saturated heterocycles. The molecule has 5 heterocycles. The summed E-state index contributed by atoms with van der Waals surface area (Å²) in [5, 5.41) is 4.74. The topological polar surface area (TPSA) is 0 Å². The highest BCUT2D eigenvalue weighted by Gasteiger charge is 2.20. The molecule has 4 aromatic rings. The molecule has 5 rings (SSSR count). The van der Waals surface area contributed by atoms with Crippen LogP contribution in [0.15, 0.2) is 77.0 Å². The fourth-order valence-corrected chi connectivity index (χ4v) is 8.29. The average molecular weight is 441 g/mol. The van der Waals surface area contributed by atoms with Crippen molar-refractivity contribution in [1.82, 2.24) is 0 Å². The van der Waals surface area contributed by atoms with Gasteiger partial charge in [-0.05, 0) is 59.7 Å². The number of thiophene rings is 4. The quantitative estimate of drug-likeness (QED) is 0.305. The summed E-state index contributed by atoms with van der Waals surface area (Å²) in [6, 6.07) is 17.8. The monoisotopic (exact) mass is 440 g/mol. The van der Waals surface area contributed by atoms with E-state index in [4.69, 9.17) is 0 Å². The van der Waals surface area contributed by atoms with Crippen molar-refractivity contribution < 1.29 is 0 Å². The summed E-state index contributed by atoms with van der Waals surface area (Å²) in [5.74, 6) is 0. The number of thioether (sulfide) groups is 1. The van der Waals surface area contributed by atoms with E-state index >= 15 is 0 Å². The van der Waals surface area contributed by atoms with Gasteiger partial charge in [0.2, 0.25) is 0 Å². The molecule has 0 spiro atoms. The van der Waals surface area contributed by atoms with Gasteiger partial charge in [-0.3, -0.25) is 0 Å². The third kappa shape index (κ3) is 3.55. The summed E-state index contributed by atoms with van der Waals surface area (Å²) < 4.78 is 0. The Bertz CT molecular complexity index is 1100. The standard InChI is InChI=1S/C22H16S5/c1-14-6-7-18(16-5-3-13-24-16)27-22(14)21-11-10-20(26-21)19-9-8-17(25-19)15-4-2-12-23-15/h2-13,18H,1H3. The zero-order valence-corrected chi connectivity index (χ0v) is 18.6. The van der Waals surface area contributed by atoms with Crippen LogP contribution >= 0.6 is 57.1 Å². The van der Waals surface area contributed by atoms with Crippen molar-refractivity contribution in [2.75, 3.05) is 0 Å². The molecule has 1 aliphatic rings. The Morgan fingerprint density at radius 1 is 0.704 bits per heavy atom. The van der Waals surface area contributed by atoms with E-state index in [0.717, 1.165) is 0 Å². The van der Waals surface area contributed by atoms with Gasteiger partial charge in [0.15, 0.2) is 0 Å². The first-order valence-electron chi connectivity index (χ1n) is 8.61. The van der Waals surface area contributed by atoms with Crippen LogP contribution in [0, 0.1) is 0 Å². The van der Waals surface area contributed by atoms with Crippen molar-refractivity contribution in [2.45, 2.75) is 12.2 Å². The lowest BCUT2D eigenvalue weighted by Gasteiger charge is -2.19. The maximum absolute atomic E-state index is 2.33. The van der Waals surface area contributed by atoms with E-state index < -0.39 is 0 Å². The second kappa shape index (κ2) is 7.57. The van der Waals surface area contributed by atoms with Crippen molar-refractivity contribution in [2.24, 2.45) is 0 Å². The molecule has 0 radical (unpaired) electrons. The Balaban J connectivity index is 1.43. The van der Waals surface area contributed by atoms with E-state index in [2.05, 4.69) is 78.4 Å². The first-order chi connectivity index (χ1) is 13.3. The summed E-state index contributed by atoms with van der Waals surface area (Å²) in [7, 11) is 0. The van der Waals surface area contributed by atoms with E-state index in [0.29, 0.717) is 5.25 Å². The van der Waals surface area contributed by atoms with Crippen LogP contribution in [0.25, 0.3) is 24.4 Å². The molecule has 1 unspecified atom stereocenters. The fraction of sp³-hybridized carbons (Fsp3) is 0.0909. The van der Waals surface area contributed by atoms with Crippen molar-refractivity contribution in [3.63, 3.8) is 0 Å². The Labute approximate surface area is 179 Å². The Morgan fingerprint density at radius 3 is 2.07 bits per heavy atom. The minimum absolute atomic E-state index is 0.432. The molecule has 0 nitrogen and oxygen atoms in total. The van der Waals surface area contributed by atoms with Gasteiger partial charge in [0.1, 0.15) is 0 Å². The van der Waals surface area contributed by atoms with E-state index in [-0.39, 0.29) is 0 Å². The number of hydrogen-bond donors (Lipinski definition) is 0. The van der Waals surface area contributed by atoms with Gasteiger partial charge in [-0.1, -0.05) is 24.3 Å². The van der Waals surface area contributed by atoms with Crippen molar-refractivity contribution >= 4 is 62.0 Å². The van der Waals surface area contributed by atoms with Gasteiger partial charge in [-0.15, -0.1) is 57.1 Å². The minimum atomic E-state index is 0.432. The molecular weight excluding hydrogens is 425 g/mol. The fourth-order valence-electron chi connectivity index (χ4n) is 3.04. The van der Waals surface area contributed by atoms with Crippen LogP contribution < -0.4 is 0 Å². The smallest absolute Gasteiger partial charge is 0.0621 e. The lowest BCUT2D eigenvalue weighted by atomic mass is 10.2. The van der Waals surface area contributed by atoms with Crippen molar-refractivity contribution in [3.8, 4) is 19.5 Å². The SMILES string of the molecule is CC1=C(c2ccc(-c3ccc(-c4cccs4)s3)s2)SC(c2cccs2)C=C1. The average Bonchev–Trinajstić information content (AvgIpc) is 3.50. The van der Waals surface area contributed by atoms with E-state index in [1.54, 1.807) is 0 Å².